The number of nitrogens with one attached hydrogen (secondary N) is 1. The Hall–Kier alpha value is -1.57. The third kappa shape index (κ3) is 8.26. The van der Waals surface area contributed by atoms with Crippen LogP contribution >= 0.6 is 0 Å². The van der Waals surface area contributed by atoms with Crippen molar-refractivity contribution < 1.29 is 34.3 Å². The van der Waals surface area contributed by atoms with E-state index in [0.717, 1.165) is 0 Å². The quantitative estimate of drug-likeness (QED) is 0.482. The second-order valence-electron chi connectivity index (χ2n) is 2.73. The first-order valence-corrected chi connectivity index (χ1v) is 5.02. The molecule has 0 saturated heterocycles. The van der Waals surface area contributed by atoms with E-state index in [9.17, 15) is 14.4 Å². The van der Waals surface area contributed by atoms with Crippen molar-refractivity contribution in [3.8, 4) is 0 Å². The van der Waals surface area contributed by atoms with Crippen LogP contribution in [0.4, 0.5) is 0 Å². The van der Waals surface area contributed by atoms with Crippen LogP contribution in [0.25, 0.3) is 0 Å². The van der Waals surface area contributed by atoms with Crippen molar-refractivity contribution in [2.45, 2.75) is 40.0 Å². The van der Waals surface area contributed by atoms with Gasteiger partial charge in [-0.05, 0) is 0 Å². The summed E-state index contributed by atoms with van der Waals surface area (Å²) in [6.07, 6.45) is 0.241. The smallest absolute Gasteiger partial charge is 0.378 e. The Morgan fingerprint density at radius 1 is 0.765 bits per heavy atom. The molecule has 0 aliphatic heterocycles. The molecule has 0 heterocycles. The summed E-state index contributed by atoms with van der Waals surface area (Å²) in [6, 6.07) is 0. The zero-order valence-corrected chi connectivity index (χ0v) is 10.1. The standard InChI is InChI=1S/C9H16NO6.B/c1-4-7(11)14-10(15-8(12)5-2)16-9(13)6-3;/h10H,4-6H2,1-3H3;/q+1;-1. The monoisotopic (exact) mass is 245 g/mol. The molecule has 0 aromatic rings. The lowest BCUT2D eigenvalue weighted by atomic mass is 10.5. The molecule has 7 nitrogen and oxygen atoms in total. The molecule has 96 valence electrons. The van der Waals surface area contributed by atoms with Gasteiger partial charge in [-0.2, -0.15) is 14.5 Å². The minimum atomic E-state index is -0.717. The Morgan fingerprint density at radius 3 is 1.18 bits per heavy atom. The molecule has 0 rings (SSSR count). The third-order valence-electron chi connectivity index (χ3n) is 1.46. The zero-order chi connectivity index (χ0) is 12.6. The average Bonchev–Trinajstić information content (AvgIpc) is 2.28. The summed E-state index contributed by atoms with van der Waals surface area (Å²) in [5.41, 5.74) is 0. The predicted octanol–water partition coefficient (Wildman–Crippen LogP) is -0.905. The fraction of sp³-hybridized carbons (Fsp3) is 0.667. The topological polar surface area (TPSA) is 83.3 Å². The Morgan fingerprint density at radius 2 is 1.00 bits per heavy atom. The van der Waals surface area contributed by atoms with Crippen molar-refractivity contribution in [3.63, 3.8) is 0 Å². The van der Waals surface area contributed by atoms with Gasteiger partial charge >= 0.3 is 17.9 Å². The maximum absolute atomic E-state index is 10.9. The van der Waals surface area contributed by atoms with Gasteiger partial charge in [0.15, 0.2) is 0 Å². The highest BCUT2D eigenvalue weighted by atomic mass is 17.2. The molecule has 0 unspecified atom stereocenters. The highest BCUT2D eigenvalue weighted by Crippen LogP contribution is 1.83. The Kier molecular flexibility index (Phi) is 10.1. The number of quaternary nitrogens is 1. The lowest BCUT2D eigenvalue weighted by Gasteiger charge is -2.10. The molecule has 0 spiro atoms. The number of carbonyl (C=O) groups is 3. The molecule has 1 N–H and O–H groups in total. The summed E-state index contributed by atoms with van der Waals surface area (Å²) in [5, 5.41) is -0.717. The first-order valence-electron chi connectivity index (χ1n) is 5.02. The number of hydrogen-bond donors (Lipinski definition) is 1. The van der Waals surface area contributed by atoms with E-state index in [-0.39, 0.29) is 27.7 Å². The maximum Gasteiger partial charge on any atom is 0.378 e. The van der Waals surface area contributed by atoms with Gasteiger partial charge in [0.2, 0.25) is 5.39 Å². The van der Waals surface area contributed by atoms with Crippen LogP contribution in [0, 0.1) is 0 Å². The van der Waals surface area contributed by atoms with Gasteiger partial charge in [0.05, 0.1) is 0 Å². The second kappa shape index (κ2) is 9.65. The van der Waals surface area contributed by atoms with E-state index < -0.39 is 23.3 Å². The fourth-order valence-electron chi connectivity index (χ4n) is 0.558. The van der Waals surface area contributed by atoms with E-state index in [2.05, 4.69) is 14.5 Å². The van der Waals surface area contributed by atoms with Crippen LogP contribution in [0.1, 0.15) is 40.0 Å². The third-order valence-corrected chi connectivity index (χ3v) is 1.46. The Labute approximate surface area is 101 Å². The number of hydrogen-bond acceptors (Lipinski definition) is 6. The van der Waals surface area contributed by atoms with E-state index in [0.29, 0.717) is 0 Å². The van der Waals surface area contributed by atoms with Gasteiger partial charge in [-0.3, -0.25) is 0 Å². The molecule has 0 aromatic carbocycles. The summed E-state index contributed by atoms with van der Waals surface area (Å²) in [4.78, 5) is 46.4. The van der Waals surface area contributed by atoms with E-state index in [4.69, 9.17) is 0 Å². The lowest BCUT2D eigenvalue weighted by Crippen LogP contribution is -3.10. The highest BCUT2D eigenvalue weighted by molar-refractivity contribution is 5.75. The molecule has 0 aromatic heterocycles. The van der Waals surface area contributed by atoms with Crippen molar-refractivity contribution in [2.75, 3.05) is 0 Å². The minimum absolute atomic E-state index is 0. The summed E-state index contributed by atoms with van der Waals surface area (Å²) >= 11 is 0. The molecule has 0 bridgehead atoms. The van der Waals surface area contributed by atoms with Gasteiger partial charge in [0, 0.05) is 19.3 Å². The molecule has 17 heavy (non-hydrogen) atoms. The van der Waals surface area contributed by atoms with Crippen LogP contribution in [0.5, 0.6) is 0 Å². The van der Waals surface area contributed by atoms with Gasteiger partial charge in [0.1, 0.15) is 0 Å². The van der Waals surface area contributed by atoms with Gasteiger partial charge < -0.3 is 8.41 Å². The zero-order valence-electron chi connectivity index (χ0n) is 10.1. The van der Waals surface area contributed by atoms with Crippen LogP contribution in [0.15, 0.2) is 0 Å². The molecular weight excluding hydrogens is 229 g/mol. The van der Waals surface area contributed by atoms with Gasteiger partial charge in [0.25, 0.3) is 0 Å². The highest BCUT2D eigenvalue weighted by Gasteiger charge is 2.24. The SMILES string of the molecule is CCC(=O)O[NH+](OC(=O)CC)OC(=O)CC.[B-]. The molecule has 4 radical (unpaired) electrons. The van der Waals surface area contributed by atoms with E-state index >= 15 is 0 Å². The van der Waals surface area contributed by atoms with Crippen LogP contribution < -0.4 is 5.39 Å². The number of rotatable bonds is 6. The van der Waals surface area contributed by atoms with Crippen LogP contribution in [0.2, 0.25) is 0 Å². The van der Waals surface area contributed by atoms with Crippen molar-refractivity contribution in [1.29, 1.82) is 0 Å². The molecule has 0 saturated carbocycles. The Balaban J connectivity index is 0. The molecule has 0 fully saturated rings. The van der Waals surface area contributed by atoms with Crippen LogP contribution in [0.3, 0.4) is 0 Å². The molecule has 0 aliphatic rings. The van der Waals surface area contributed by atoms with Crippen molar-refractivity contribution in [1.82, 2.24) is 0 Å². The molecular formula is C9H16BNO6. The first-order chi connectivity index (χ1) is 7.53. The van der Waals surface area contributed by atoms with Gasteiger partial charge in [-0.25, -0.2) is 14.4 Å². The maximum atomic E-state index is 10.9. The average molecular weight is 245 g/mol. The van der Waals surface area contributed by atoms with Crippen molar-refractivity contribution >= 4 is 26.3 Å². The molecule has 0 atom stereocenters. The molecule has 0 amide bonds. The van der Waals surface area contributed by atoms with Gasteiger partial charge in [-0.1, -0.05) is 20.8 Å². The summed E-state index contributed by atoms with van der Waals surface area (Å²) in [5.74, 6) is -1.95. The van der Waals surface area contributed by atoms with Crippen molar-refractivity contribution in [2.24, 2.45) is 0 Å². The van der Waals surface area contributed by atoms with E-state index in [1.807, 2.05) is 0 Å². The van der Waals surface area contributed by atoms with Crippen molar-refractivity contribution in [3.05, 3.63) is 0 Å². The normalized spacial score (nSPS) is 9.18. The van der Waals surface area contributed by atoms with Gasteiger partial charge in [-0.15, -0.1) is 0 Å². The summed E-state index contributed by atoms with van der Waals surface area (Å²) < 4.78 is 0. The largest absolute Gasteiger partial charge is 1.00 e. The van der Waals surface area contributed by atoms with E-state index in [1.54, 1.807) is 20.8 Å². The molecule has 0 aliphatic carbocycles. The van der Waals surface area contributed by atoms with Crippen LogP contribution in [-0.4, -0.2) is 26.3 Å². The number of carbonyl (C=O) groups excluding carboxylic acids is 3. The van der Waals surface area contributed by atoms with E-state index in [1.165, 1.54) is 0 Å². The Bertz CT molecular complexity index is 227. The predicted molar refractivity (Wildman–Crippen MR) is 55.9 cm³/mol. The summed E-state index contributed by atoms with van der Waals surface area (Å²) in [7, 11) is 0. The minimum Gasteiger partial charge on any atom is -1.00 e. The molecule has 8 heteroatoms. The first kappa shape index (κ1) is 17.8. The fourth-order valence-corrected chi connectivity index (χ4v) is 0.558. The summed E-state index contributed by atoms with van der Waals surface area (Å²) in [6.45, 7) is 4.68. The lowest BCUT2D eigenvalue weighted by molar-refractivity contribution is -1.34. The van der Waals surface area contributed by atoms with Crippen LogP contribution in [-0.2, 0) is 28.9 Å². The second-order valence-corrected chi connectivity index (χ2v) is 2.73.